The normalized spacial score (nSPS) is 10.2. The summed E-state index contributed by atoms with van der Waals surface area (Å²) in [6.45, 7) is -0.420. The Hall–Kier alpha value is -3.35. The number of ketones is 1. The maximum Gasteiger partial charge on any atom is 0.341 e. The van der Waals surface area contributed by atoms with Crippen molar-refractivity contribution in [1.82, 2.24) is 0 Å². The van der Waals surface area contributed by atoms with Crippen LogP contribution in [0.3, 0.4) is 0 Å². The molecule has 0 unspecified atom stereocenters. The lowest BCUT2D eigenvalue weighted by Gasteiger charge is -2.17. The molecule has 1 N–H and O–H groups in total. The Morgan fingerprint density at radius 2 is 1.54 bits per heavy atom. The van der Waals surface area contributed by atoms with E-state index < -0.39 is 12.6 Å². The standard InChI is InChI=1S/C21H23NO6/c1-22(16-8-12-18(13-9-16)28-14-21(25)26)20(24)5-3-4-19(23)15-6-10-17(27-2)11-7-15/h6-13H,3-5,14H2,1-2H3,(H,25,26). The van der Waals surface area contributed by atoms with Gasteiger partial charge >= 0.3 is 5.97 Å². The van der Waals surface area contributed by atoms with Crippen LogP contribution < -0.4 is 14.4 Å². The van der Waals surface area contributed by atoms with Gasteiger partial charge in [-0.05, 0) is 55.0 Å². The van der Waals surface area contributed by atoms with E-state index in [1.54, 1.807) is 62.7 Å². The Bertz CT molecular complexity index is 814. The van der Waals surface area contributed by atoms with Gasteiger partial charge in [0, 0.05) is 31.1 Å². The van der Waals surface area contributed by atoms with Crippen molar-refractivity contribution in [3.8, 4) is 11.5 Å². The summed E-state index contributed by atoms with van der Waals surface area (Å²) in [7, 11) is 3.22. The summed E-state index contributed by atoms with van der Waals surface area (Å²) in [5.41, 5.74) is 1.26. The molecule has 2 aromatic carbocycles. The second-order valence-electron chi connectivity index (χ2n) is 6.13. The maximum absolute atomic E-state index is 12.3. The summed E-state index contributed by atoms with van der Waals surface area (Å²) in [5.74, 6) is -0.0786. The van der Waals surface area contributed by atoms with Crippen molar-refractivity contribution in [3.63, 3.8) is 0 Å². The zero-order chi connectivity index (χ0) is 20.5. The van der Waals surface area contributed by atoms with Crippen LogP contribution in [-0.4, -0.2) is 43.5 Å². The number of nitrogens with zero attached hydrogens (tertiary/aromatic N) is 1. The van der Waals surface area contributed by atoms with Crippen LogP contribution in [0.5, 0.6) is 11.5 Å². The van der Waals surface area contributed by atoms with Gasteiger partial charge in [0.25, 0.3) is 0 Å². The number of methoxy groups -OCH3 is 1. The number of amides is 1. The second-order valence-corrected chi connectivity index (χ2v) is 6.13. The minimum absolute atomic E-state index is 0.0157. The predicted octanol–water partition coefficient (Wildman–Crippen LogP) is 3.17. The lowest BCUT2D eigenvalue weighted by atomic mass is 10.1. The molecule has 0 bridgehead atoms. The summed E-state index contributed by atoms with van der Waals surface area (Å²) < 4.78 is 10.1. The van der Waals surface area contributed by atoms with Crippen LogP contribution in [0, 0.1) is 0 Å². The van der Waals surface area contributed by atoms with Gasteiger partial charge in [-0.25, -0.2) is 4.79 Å². The molecule has 7 heteroatoms. The minimum Gasteiger partial charge on any atom is -0.497 e. The van der Waals surface area contributed by atoms with E-state index in [-0.39, 0.29) is 24.5 Å². The molecule has 0 heterocycles. The zero-order valence-corrected chi connectivity index (χ0v) is 15.9. The summed E-state index contributed by atoms with van der Waals surface area (Å²) in [4.78, 5) is 36.5. The quantitative estimate of drug-likeness (QED) is 0.632. The Morgan fingerprint density at radius 3 is 2.11 bits per heavy atom. The molecule has 0 radical (unpaired) electrons. The van der Waals surface area contributed by atoms with Crippen molar-refractivity contribution >= 4 is 23.3 Å². The molecule has 1 amide bonds. The Kier molecular flexibility index (Phi) is 7.56. The molecule has 0 saturated carbocycles. The molecule has 2 aromatic rings. The van der Waals surface area contributed by atoms with Crippen LogP contribution in [0.2, 0.25) is 0 Å². The van der Waals surface area contributed by atoms with Gasteiger partial charge in [-0.3, -0.25) is 9.59 Å². The summed E-state index contributed by atoms with van der Waals surface area (Å²) >= 11 is 0. The van der Waals surface area contributed by atoms with E-state index in [1.165, 1.54) is 4.90 Å². The average molecular weight is 385 g/mol. The third-order valence-corrected chi connectivity index (χ3v) is 4.17. The van der Waals surface area contributed by atoms with E-state index in [2.05, 4.69) is 0 Å². The highest BCUT2D eigenvalue weighted by atomic mass is 16.5. The molecular formula is C21H23NO6. The molecule has 2 rings (SSSR count). The van der Waals surface area contributed by atoms with Gasteiger partial charge < -0.3 is 19.5 Å². The number of Topliss-reactive ketones (excluding diaryl/α,β-unsaturated/α-hetero) is 1. The average Bonchev–Trinajstić information content (AvgIpc) is 2.71. The van der Waals surface area contributed by atoms with Crippen molar-refractivity contribution in [2.24, 2.45) is 0 Å². The van der Waals surface area contributed by atoms with Gasteiger partial charge in [0.2, 0.25) is 5.91 Å². The van der Waals surface area contributed by atoms with Crippen LogP contribution in [0.1, 0.15) is 29.6 Å². The second kappa shape index (κ2) is 10.1. The van der Waals surface area contributed by atoms with Gasteiger partial charge in [-0.15, -0.1) is 0 Å². The van der Waals surface area contributed by atoms with Crippen molar-refractivity contribution < 1.29 is 29.0 Å². The highest BCUT2D eigenvalue weighted by molar-refractivity contribution is 5.97. The molecule has 0 fully saturated rings. The Morgan fingerprint density at radius 1 is 0.929 bits per heavy atom. The first-order valence-corrected chi connectivity index (χ1v) is 8.79. The third-order valence-electron chi connectivity index (χ3n) is 4.17. The predicted molar refractivity (Wildman–Crippen MR) is 104 cm³/mol. The first-order valence-electron chi connectivity index (χ1n) is 8.79. The number of anilines is 1. The van der Waals surface area contributed by atoms with Crippen LogP contribution in [0.25, 0.3) is 0 Å². The van der Waals surface area contributed by atoms with Crippen LogP contribution in [-0.2, 0) is 9.59 Å². The van der Waals surface area contributed by atoms with Crippen molar-refractivity contribution in [3.05, 3.63) is 54.1 Å². The molecule has 0 aliphatic rings. The van der Waals surface area contributed by atoms with Gasteiger partial charge in [-0.2, -0.15) is 0 Å². The fraction of sp³-hybridized carbons (Fsp3) is 0.286. The largest absolute Gasteiger partial charge is 0.497 e. The zero-order valence-electron chi connectivity index (χ0n) is 15.9. The first-order chi connectivity index (χ1) is 13.4. The van der Waals surface area contributed by atoms with E-state index in [1.807, 2.05) is 0 Å². The molecule has 7 nitrogen and oxygen atoms in total. The van der Waals surface area contributed by atoms with Crippen LogP contribution in [0.4, 0.5) is 5.69 Å². The van der Waals surface area contributed by atoms with Crippen LogP contribution in [0.15, 0.2) is 48.5 Å². The smallest absolute Gasteiger partial charge is 0.341 e. The number of hydrogen-bond donors (Lipinski definition) is 1. The fourth-order valence-electron chi connectivity index (χ4n) is 2.54. The summed E-state index contributed by atoms with van der Waals surface area (Å²) in [6.07, 6.45) is 0.984. The van der Waals surface area contributed by atoms with E-state index >= 15 is 0 Å². The lowest BCUT2D eigenvalue weighted by Crippen LogP contribution is -2.26. The van der Waals surface area contributed by atoms with E-state index in [0.717, 1.165) is 0 Å². The van der Waals surface area contributed by atoms with E-state index in [0.29, 0.717) is 29.2 Å². The number of aliphatic carboxylic acids is 1. The maximum atomic E-state index is 12.3. The molecule has 28 heavy (non-hydrogen) atoms. The molecular weight excluding hydrogens is 362 g/mol. The summed E-state index contributed by atoms with van der Waals surface area (Å²) in [5, 5.41) is 8.60. The molecule has 0 aliphatic carbocycles. The number of ether oxygens (including phenoxy) is 2. The highest BCUT2D eigenvalue weighted by Crippen LogP contribution is 2.20. The molecule has 0 spiro atoms. The number of hydrogen-bond acceptors (Lipinski definition) is 5. The van der Waals surface area contributed by atoms with Crippen molar-refractivity contribution in [2.75, 3.05) is 25.7 Å². The molecule has 148 valence electrons. The first kappa shape index (κ1) is 21.0. The van der Waals surface area contributed by atoms with Gasteiger partial charge in [0.05, 0.1) is 7.11 Å². The van der Waals surface area contributed by atoms with Gasteiger partial charge in [-0.1, -0.05) is 0 Å². The minimum atomic E-state index is -1.06. The number of carboxylic acids is 1. The number of carbonyl (C=O) groups is 3. The number of carboxylic acid groups (broad SMARTS) is 1. The monoisotopic (exact) mass is 385 g/mol. The Balaban J connectivity index is 1.81. The topological polar surface area (TPSA) is 93.1 Å². The lowest BCUT2D eigenvalue weighted by molar-refractivity contribution is -0.139. The summed E-state index contributed by atoms with van der Waals surface area (Å²) in [6, 6.07) is 13.5. The number of carbonyl (C=O) groups excluding carboxylic acids is 2. The number of benzene rings is 2. The van der Waals surface area contributed by atoms with E-state index in [9.17, 15) is 14.4 Å². The molecule has 0 aromatic heterocycles. The van der Waals surface area contributed by atoms with Gasteiger partial charge in [0.1, 0.15) is 11.5 Å². The van der Waals surface area contributed by atoms with Gasteiger partial charge in [0.15, 0.2) is 12.4 Å². The van der Waals surface area contributed by atoms with Crippen molar-refractivity contribution in [2.45, 2.75) is 19.3 Å². The fourth-order valence-corrected chi connectivity index (χ4v) is 2.54. The van der Waals surface area contributed by atoms with Crippen molar-refractivity contribution in [1.29, 1.82) is 0 Å². The third kappa shape index (κ3) is 6.12. The SMILES string of the molecule is COc1ccc(C(=O)CCCC(=O)N(C)c2ccc(OCC(=O)O)cc2)cc1. The van der Waals surface area contributed by atoms with Crippen LogP contribution >= 0.6 is 0 Å². The Labute approximate surface area is 163 Å². The number of rotatable bonds is 10. The molecule has 0 aliphatic heterocycles. The molecule has 0 atom stereocenters. The molecule has 0 saturated heterocycles. The highest BCUT2D eigenvalue weighted by Gasteiger charge is 2.13. The van der Waals surface area contributed by atoms with E-state index in [4.69, 9.17) is 14.6 Å².